The van der Waals surface area contributed by atoms with Gasteiger partial charge in [0.15, 0.2) is 0 Å². The van der Waals surface area contributed by atoms with Gasteiger partial charge in [-0.1, -0.05) is 19.8 Å². The first-order chi connectivity index (χ1) is 13.0. The number of piperidine rings is 1. The van der Waals surface area contributed by atoms with E-state index in [4.69, 9.17) is 0 Å². The summed E-state index contributed by atoms with van der Waals surface area (Å²) in [5, 5.41) is 0. The van der Waals surface area contributed by atoms with E-state index in [1.165, 1.54) is 25.7 Å². The van der Waals surface area contributed by atoms with Crippen LogP contribution in [-0.4, -0.2) is 72.3 Å². The molecule has 3 rings (SSSR count). The van der Waals surface area contributed by atoms with Gasteiger partial charge in [0, 0.05) is 32.1 Å². The van der Waals surface area contributed by atoms with Crippen LogP contribution < -0.4 is 0 Å². The van der Waals surface area contributed by atoms with Crippen molar-refractivity contribution in [3.05, 3.63) is 0 Å². The summed E-state index contributed by atoms with van der Waals surface area (Å²) < 4.78 is 0. The first kappa shape index (κ1) is 20.6. The van der Waals surface area contributed by atoms with E-state index in [9.17, 15) is 9.59 Å². The molecule has 5 heteroatoms. The number of carbonyl (C=O) groups is 2. The molecule has 0 atom stereocenters. The van der Waals surface area contributed by atoms with Crippen molar-refractivity contribution in [2.24, 2.45) is 11.8 Å². The highest BCUT2D eigenvalue weighted by Crippen LogP contribution is 2.27. The molecule has 2 saturated heterocycles. The van der Waals surface area contributed by atoms with Crippen LogP contribution >= 0.6 is 0 Å². The molecule has 154 valence electrons. The maximum absolute atomic E-state index is 12.8. The summed E-state index contributed by atoms with van der Waals surface area (Å²) in [6.45, 7) is 6.49. The van der Waals surface area contributed by atoms with Crippen molar-refractivity contribution in [2.75, 3.05) is 39.8 Å². The Morgan fingerprint density at radius 2 is 1.44 bits per heavy atom. The number of rotatable bonds is 4. The summed E-state index contributed by atoms with van der Waals surface area (Å²) in [5.74, 6) is 1.61. The lowest BCUT2D eigenvalue weighted by Crippen LogP contribution is -2.48. The summed E-state index contributed by atoms with van der Waals surface area (Å²) >= 11 is 0. The van der Waals surface area contributed by atoms with Crippen molar-refractivity contribution in [3.8, 4) is 0 Å². The van der Waals surface area contributed by atoms with Crippen LogP contribution in [0.4, 0.5) is 0 Å². The van der Waals surface area contributed by atoms with Crippen molar-refractivity contribution < 1.29 is 9.59 Å². The van der Waals surface area contributed by atoms with E-state index < -0.39 is 0 Å². The van der Waals surface area contributed by atoms with Crippen molar-refractivity contribution in [1.29, 1.82) is 0 Å². The molecule has 0 bridgehead atoms. The first-order valence-electron chi connectivity index (χ1n) is 11.3. The highest BCUT2D eigenvalue weighted by atomic mass is 16.2. The molecule has 0 N–H and O–H groups in total. The Kier molecular flexibility index (Phi) is 7.57. The summed E-state index contributed by atoms with van der Waals surface area (Å²) in [5.41, 5.74) is 0. The molecule has 2 aliphatic heterocycles. The molecule has 1 aliphatic carbocycles. The smallest absolute Gasteiger partial charge is 0.236 e. The number of hydrogen-bond acceptors (Lipinski definition) is 3. The fraction of sp³-hybridized carbons (Fsp3) is 0.909. The van der Waals surface area contributed by atoms with Crippen molar-refractivity contribution in [2.45, 2.75) is 77.2 Å². The molecule has 0 unspecified atom stereocenters. The van der Waals surface area contributed by atoms with Gasteiger partial charge >= 0.3 is 0 Å². The number of likely N-dealkylation sites (N-methyl/N-ethyl adjacent to an activating group) is 1. The quantitative estimate of drug-likeness (QED) is 0.756. The summed E-state index contributed by atoms with van der Waals surface area (Å²) in [7, 11) is 1.98. The van der Waals surface area contributed by atoms with E-state index >= 15 is 0 Å². The standard InChI is InChI=1S/C22H39N3O2/c1-18-7-9-20(10-8-18)23(2)21(26)17-24-15-11-19(12-16-24)22(27)25-13-5-3-4-6-14-25/h18-20H,3-17H2,1-2H3. The number of nitrogens with zero attached hydrogens (tertiary/aromatic N) is 3. The van der Waals surface area contributed by atoms with E-state index in [0.717, 1.165) is 70.6 Å². The zero-order chi connectivity index (χ0) is 19.2. The maximum atomic E-state index is 12.8. The van der Waals surface area contributed by atoms with Crippen molar-refractivity contribution >= 4 is 11.8 Å². The minimum atomic E-state index is 0.173. The fourth-order valence-electron chi connectivity index (χ4n) is 5.02. The number of amides is 2. The third-order valence-corrected chi connectivity index (χ3v) is 7.14. The molecule has 5 nitrogen and oxygen atoms in total. The molecular formula is C22H39N3O2. The Morgan fingerprint density at radius 3 is 2.04 bits per heavy atom. The molecule has 2 amide bonds. The third-order valence-electron chi connectivity index (χ3n) is 7.14. The average molecular weight is 378 g/mol. The van der Waals surface area contributed by atoms with E-state index in [-0.39, 0.29) is 11.8 Å². The molecule has 2 heterocycles. The average Bonchev–Trinajstić information content (AvgIpc) is 2.97. The van der Waals surface area contributed by atoms with E-state index in [2.05, 4.69) is 16.7 Å². The second-order valence-corrected chi connectivity index (χ2v) is 9.21. The van der Waals surface area contributed by atoms with Gasteiger partial charge < -0.3 is 9.80 Å². The van der Waals surface area contributed by atoms with Gasteiger partial charge in [-0.05, 0) is 70.4 Å². The van der Waals surface area contributed by atoms with Crippen LogP contribution in [0.3, 0.4) is 0 Å². The van der Waals surface area contributed by atoms with Crippen LogP contribution in [0, 0.1) is 11.8 Å². The largest absolute Gasteiger partial charge is 0.342 e. The van der Waals surface area contributed by atoms with Crippen LogP contribution in [0.5, 0.6) is 0 Å². The molecule has 0 aromatic heterocycles. The molecular weight excluding hydrogens is 338 g/mol. The Morgan fingerprint density at radius 1 is 0.852 bits per heavy atom. The zero-order valence-electron chi connectivity index (χ0n) is 17.5. The van der Waals surface area contributed by atoms with Gasteiger partial charge in [0.25, 0.3) is 0 Å². The number of hydrogen-bond donors (Lipinski definition) is 0. The minimum Gasteiger partial charge on any atom is -0.342 e. The van der Waals surface area contributed by atoms with Crippen LogP contribution in [0.2, 0.25) is 0 Å². The summed E-state index contributed by atoms with van der Waals surface area (Å²) in [4.78, 5) is 31.9. The van der Waals surface area contributed by atoms with E-state index in [0.29, 0.717) is 18.5 Å². The van der Waals surface area contributed by atoms with Gasteiger partial charge in [0.2, 0.25) is 11.8 Å². The highest BCUT2D eigenvalue weighted by molar-refractivity contribution is 5.79. The number of carbonyl (C=O) groups excluding carboxylic acids is 2. The van der Waals surface area contributed by atoms with E-state index in [1.807, 2.05) is 11.9 Å². The maximum Gasteiger partial charge on any atom is 0.236 e. The van der Waals surface area contributed by atoms with Gasteiger partial charge in [0.05, 0.1) is 6.54 Å². The van der Waals surface area contributed by atoms with Gasteiger partial charge in [-0.25, -0.2) is 0 Å². The predicted octanol–water partition coefficient (Wildman–Crippen LogP) is 3.14. The molecule has 27 heavy (non-hydrogen) atoms. The van der Waals surface area contributed by atoms with Crippen molar-refractivity contribution in [1.82, 2.24) is 14.7 Å². The topological polar surface area (TPSA) is 43.9 Å². The molecule has 0 aromatic carbocycles. The normalized spacial score (nSPS) is 28.6. The minimum absolute atomic E-state index is 0.173. The second-order valence-electron chi connectivity index (χ2n) is 9.21. The molecule has 3 aliphatic rings. The lowest BCUT2D eigenvalue weighted by Gasteiger charge is -2.37. The van der Waals surface area contributed by atoms with Gasteiger partial charge in [-0.15, -0.1) is 0 Å². The Bertz CT molecular complexity index is 486. The van der Waals surface area contributed by atoms with Crippen LogP contribution in [0.25, 0.3) is 0 Å². The van der Waals surface area contributed by atoms with Gasteiger partial charge in [-0.2, -0.15) is 0 Å². The van der Waals surface area contributed by atoms with Gasteiger partial charge in [0.1, 0.15) is 0 Å². The first-order valence-corrected chi connectivity index (χ1v) is 11.3. The summed E-state index contributed by atoms with van der Waals surface area (Å²) in [6, 6.07) is 0.427. The molecule has 1 saturated carbocycles. The lowest BCUT2D eigenvalue weighted by atomic mass is 9.87. The second kappa shape index (κ2) is 9.90. The van der Waals surface area contributed by atoms with Crippen LogP contribution in [-0.2, 0) is 9.59 Å². The Labute approximate surface area is 165 Å². The lowest BCUT2D eigenvalue weighted by molar-refractivity contribution is -0.137. The molecule has 0 aromatic rings. The summed E-state index contributed by atoms with van der Waals surface area (Å²) in [6.07, 6.45) is 11.4. The third kappa shape index (κ3) is 5.69. The van der Waals surface area contributed by atoms with E-state index in [1.54, 1.807) is 0 Å². The molecule has 0 radical (unpaired) electrons. The van der Waals surface area contributed by atoms with Crippen LogP contribution in [0.1, 0.15) is 71.1 Å². The Hall–Kier alpha value is -1.10. The van der Waals surface area contributed by atoms with Crippen LogP contribution in [0.15, 0.2) is 0 Å². The van der Waals surface area contributed by atoms with Crippen molar-refractivity contribution in [3.63, 3.8) is 0 Å². The predicted molar refractivity (Wildman–Crippen MR) is 108 cm³/mol. The Balaban J connectivity index is 1.41. The molecule has 3 fully saturated rings. The monoisotopic (exact) mass is 377 g/mol. The number of likely N-dealkylation sites (tertiary alicyclic amines) is 2. The highest BCUT2D eigenvalue weighted by Gasteiger charge is 2.31. The molecule has 0 spiro atoms. The fourth-order valence-corrected chi connectivity index (χ4v) is 5.02. The zero-order valence-corrected chi connectivity index (χ0v) is 17.5. The van der Waals surface area contributed by atoms with Gasteiger partial charge in [-0.3, -0.25) is 14.5 Å². The SMILES string of the molecule is CC1CCC(N(C)C(=O)CN2CCC(C(=O)N3CCCCCC3)CC2)CC1.